The summed E-state index contributed by atoms with van der Waals surface area (Å²) >= 11 is 1.68. The highest BCUT2D eigenvalue weighted by atomic mass is 32.2. The van der Waals surface area contributed by atoms with Gasteiger partial charge in [-0.15, -0.1) is 6.42 Å². The number of benzene rings is 2. The molecule has 0 aromatic heterocycles. The summed E-state index contributed by atoms with van der Waals surface area (Å²) in [7, 11) is 0. The monoisotopic (exact) mass is 445 g/mol. The van der Waals surface area contributed by atoms with Gasteiger partial charge in [0.15, 0.2) is 0 Å². The van der Waals surface area contributed by atoms with Crippen LogP contribution in [-0.2, 0) is 19.9 Å². The number of fused-ring (bicyclic) bond motifs is 4. The molecule has 0 saturated carbocycles. The molecule has 3 amide bonds. The fourth-order valence-corrected chi connectivity index (χ4v) is 6.01. The van der Waals surface area contributed by atoms with Crippen LogP contribution >= 0.6 is 11.8 Å². The molecule has 2 aromatic carbocycles. The van der Waals surface area contributed by atoms with E-state index in [0.29, 0.717) is 17.8 Å². The van der Waals surface area contributed by atoms with E-state index in [2.05, 4.69) is 11.2 Å². The van der Waals surface area contributed by atoms with Crippen molar-refractivity contribution in [2.24, 2.45) is 11.8 Å². The molecule has 0 unspecified atom stereocenters. The molecule has 3 aliphatic rings. The first kappa shape index (κ1) is 20.8. The summed E-state index contributed by atoms with van der Waals surface area (Å²) in [6.07, 6.45) is 8.25. The third-order valence-corrected chi connectivity index (χ3v) is 7.41. The number of amides is 3. The number of terminal acetylenes is 1. The molecule has 3 heterocycles. The van der Waals surface area contributed by atoms with Crippen molar-refractivity contribution in [1.82, 2.24) is 5.32 Å². The lowest BCUT2D eigenvalue weighted by atomic mass is 9.76. The SMILES string of the molecule is C#CCN1C(=O)[C@]2(N[C@H](CCSC)[C@H]3C(=O)N(c4ccccc4)C(=O)[C@@H]32)c2ccccc21. The molecule has 7 heteroatoms. The zero-order valence-electron chi connectivity index (χ0n) is 17.7. The molecule has 0 bridgehead atoms. The molecule has 32 heavy (non-hydrogen) atoms. The topological polar surface area (TPSA) is 69.7 Å². The van der Waals surface area contributed by atoms with Crippen LogP contribution in [0, 0.1) is 24.2 Å². The average molecular weight is 446 g/mol. The van der Waals surface area contributed by atoms with Crippen molar-refractivity contribution in [2.75, 3.05) is 28.4 Å². The van der Waals surface area contributed by atoms with Crippen LogP contribution in [-0.4, -0.2) is 42.3 Å². The highest BCUT2D eigenvalue weighted by molar-refractivity contribution is 7.98. The van der Waals surface area contributed by atoms with Crippen molar-refractivity contribution in [3.63, 3.8) is 0 Å². The highest BCUT2D eigenvalue weighted by Gasteiger charge is 2.71. The smallest absolute Gasteiger partial charge is 0.253 e. The number of nitrogens with zero attached hydrogens (tertiary/aromatic N) is 2. The minimum atomic E-state index is -1.29. The van der Waals surface area contributed by atoms with E-state index in [9.17, 15) is 14.4 Å². The van der Waals surface area contributed by atoms with Gasteiger partial charge >= 0.3 is 0 Å². The van der Waals surface area contributed by atoms with Gasteiger partial charge in [-0.3, -0.25) is 24.6 Å². The van der Waals surface area contributed by atoms with Crippen LogP contribution in [0.5, 0.6) is 0 Å². The molecule has 162 valence electrons. The van der Waals surface area contributed by atoms with Gasteiger partial charge < -0.3 is 0 Å². The Bertz CT molecular complexity index is 1140. The van der Waals surface area contributed by atoms with Crippen molar-refractivity contribution in [3.05, 3.63) is 60.2 Å². The minimum absolute atomic E-state index is 0.108. The quantitative estimate of drug-likeness (QED) is 0.565. The Balaban J connectivity index is 1.68. The van der Waals surface area contributed by atoms with E-state index in [1.165, 1.54) is 4.90 Å². The molecule has 0 radical (unpaired) electrons. The zero-order chi connectivity index (χ0) is 22.5. The second-order valence-corrected chi connectivity index (χ2v) is 9.29. The number of imide groups is 1. The maximum absolute atomic E-state index is 13.9. The van der Waals surface area contributed by atoms with Gasteiger partial charge in [0.2, 0.25) is 11.8 Å². The van der Waals surface area contributed by atoms with E-state index in [4.69, 9.17) is 6.42 Å². The largest absolute Gasteiger partial charge is 0.298 e. The predicted octanol–water partition coefficient (Wildman–Crippen LogP) is 2.39. The number of carbonyl (C=O) groups excluding carboxylic acids is 3. The Morgan fingerprint density at radius 3 is 2.50 bits per heavy atom. The van der Waals surface area contributed by atoms with Gasteiger partial charge in [-0.25, -0.2) is 4.90 Å². The van der Waals surface area contributed by atoms with Gasteiger partial charge in [0.25, 0.3) is 5.91 Å². The summed E-state index contributed by atoms with van der Waals surface area (Å²) in [5, 5.41) is 3.49. The third-order valence-electron chi connectivity index (χ3n) is 6.76. The summed E-state index contributed by atoms with van der Waals surface area (Å²) in [4.78, 5) is 44.2. The lowest BCUT2D eigenvalue weighted by Crippen LogP contribution is -2.55. The number of nitrogens with one attached hydrogen (secondary N) is 1. The molecular formula is C25H23N3O3S. The molecule has 1 N–H and O–H groups in total. The lowest BCUT2D eigenvalue weighted by Gasteiger charge is -2.30. The molecule has 5 rings (SSSR count). The molecule has 2 aromatic rings. The van der Waals surface area contributed by atoms with Crippen LogP contribution in [0.15, 0.2) is 54.6 Å². The van der Waals surface area contributed by atoms with Crippen molar-refractivity contribution >= 4 is 40.9 Å². The lowest BCUT2D eigenvalue weighted by molar-refractivity contribution is -0.132. The molecular weight excluding hydrogens is 422 g/mol. The standard InChI is InChI=1S/C25H23N3O3S/c1-3-14-27-19-12-8-7-11-17(19)25(24(27)31)21-20(18(26-25)13-15-32-2)22(29)28(23(21)30)16-9-5-4-6-10-16/h1,4-12,18,20-21,26H,13-15H2,2H3/t18-,20-,21-,25+/m1/s1. The molecule has 0 aliphatic carbocycles. The Labute approximate surface area is 191 Å². The minimum Gasteiger partial charge on any atom is -0.298 e. The van der Waals surface area contributed by atoms with Crippen LogP contribution in [0.25, 0.3) is 0 Å². The van der Waals surface area contributed by atoms with E-state index in [0.717, 1.165) is 11.3 Å². The van der Waals surface area contributed by atoms with Crippen molar-refractivity contribution in [1.29, 1.82) is 0 Å². The van der Waals surface area contributed by atoms with Crippen LogP contribution in [0.4, 0.5) is 11.4 Å². The molecule has 2 fully saturated rings. The van der Waals surface area contributed by atoms with Gasteiger partial charge in [-0.2, -0.15) is 11.8 Å². The van der Waals surface area contributed by atoms with E-state index in [-0.39, 0.29) is 30.3 Å². The van der Waals surface area contributed by atoms with Crippen LogP contribution < -0.4 is 15.1 Å². The summed E-state index contributed by atoms with van der Waals surface area (Å²) in [6.45, 7) is 0.108. The number of hydrogen-bond donors (Lipinski definition) is 1. The summed E-state index contributed by atoms with van der Waals surface area (Å²) in [5.41, 5.74) is 0.663. The molecule has 1 spiro atoms. The average Bonchev–Trinajstić information content (AvgIpc) is 3.38. The van der Waals surface area contributed by atoms with Crippen molar-refractivity contribution in [2.45, 2.75) is 18.0 Å². The molecule has 3 aliphatic heterocycles. The van der Waals surface area contributed by atoms with Crippen molar-refractivity contribution < 1.29 is 14.4 Å². The summed E-state index contributed by atoms with van der Waals surface area (Å²) < 4.78 is 0. The van der Waals surface area contributed by atoms with E-state index in [1.54, 1.807) is 40.9 Å². The predicted molar refractivity (Wildman–Crippen MR) is 125 cm³/mol. The zero-order valence-corrected chi connectivity index (χ0v) is 18.5. The first-order valence-electron chi connectivity index (χ1n) is 10.6. The first-order chi connectivity index (χ1) is 15.6. The Kier molecular flexibility index (Phi) is 5.07. The Morgan fingerprint density at radius 2 is 1.78 bits per heavy atom. The molecule has 6 nitrogen and oxygen atoms in total. The van der Waals surface area contributed by atoms with Crippen LogP contribution in [0.3, 0.4) is 0 Å². The van der Waals surface area contributed by atoms with E-state index < -0.39 is 17.4 Å². The number of rotatable bonds is 5. The van der Waals surface area contributed by atoms with Crippen LogP contribution in [0.2, 0.25) is 0 Å². The molecule has 4 atom stereocenters. The number of carbonyl (C=O) groups is 3. The van der Waals surface area contributed by atoms with Gasteiger partial charge in [0, 0.05) is 11.6 Å². The maximum Gasteiger partial charge on any atom is 0.253 e. The van der Waals surface area contributed by atoms with Gasteiger partial charge in [0.05, 0.1) is 29.8 Å². The number of anilines is 2. The second kappa shape index (κ2) is 7.80. The maximum atomic E-state index is 13.9. The number of hydrogen-bond acceptors (Lipinski definition) is 5. The Hall–Kier alpha value is -3.08. The van der Waals surface area contributed by atoms with Gasteiger partial charge in [-0.1, -0.05) is 42.3 Å². The van der Waals surface area contributed by atoms with E-state index >= 15 is 0 Å². The van der Waals surface area contributed by atoms with Gasteiger partial charge in [0.1, 0.15) is 5.54 Å². The second-order valence-electron chi connectivity index (χ2n) is 8.30. The summed E-state index contributed by atoms with van der Waals surface area (Å²) in [6, 6.07) is 16.1. The Morgan fingerprint density at radius 1 is 1.06 bits per heavy atom. The fourth-order valence-electron chi connectivity index (χ4n) is 5.52. The van der Waals surface area contributed by atoms with E-state index in [1.807, 2.05) is 36.6 Å². The molecule has 2 saturated heterocycles. The third kappa shape index (κ3) is 2.70. The number of thioether (sulfide) groups is 1. The normalized spacial score (nSPS) is 28.4. The number of para-hydroxylation sites is 2. The van der Waals surface area contributed by atoms with Gasteiger partial charge in [-0.05, 0) is 36.6 Å². The summed E-state index contributed by atoms with van der Waals surface area (Å²) in [5.74, 6) is 1.10. The fraction of sp³-hybridized carbons (Fsp3) is 0.320. The highest BCUT2D eigenvalue weighted by Crippen LogP contribution is 2.55. The first-order valence-corrected chi connectivity index (χ1v) is 12.0. The van der Waals surface area contributed by atoms with Crippen molar-refractivity contribution in [3.8, 4) is 12.3 Å². The van der Waals surface area contributed by atoms with Crippen LogP contribution in [0.1, 0.15) is 12.0 Å².